The Balaban J connectivity index is 1.80. The van der Waals surface area contributed by atoms with Crippen LogP contribution in [0.1, 0.15) is 19.3 Å². The van der Waals surface area contributed by atoms with Gasteiger partial charge in [0.05, 0.1) is 31.9 Å². The highest BCUT2D eigenvalue weighted by Gasteiger charge is 2.30. The van der Waals surface area contributed by atoms with Gasteiger partial charge < -0.3 is 14.4 Å². The number of hydrogen-bond donors (Lipinski definition) is 0. The minimum Gasteiger partial charge on any atom is -0.488 e. The lowest BCUT2D eigenvalue weighted by atomic mass is 10.1. The lowest BCUT2D eigenvalue weighted by Gasteiger charge is -2.26. The lowest BCUT2D eigenvalue weighted by Crippen LogP contribution is -2.28. The molecule has 0 bridgehead atoms. The number of para-hydroxylation sites is 2. The van der Waals surface area contributed by atoms with Crippen molar-refractivity contribution in [3.8, 4) is 5.75 Å². The number of benzene rings is 1. The summed E-state index contributed by atoms with van der Waals surface area (Å²) in [7, 11) is 0. The van der Waals surface area contributed by atoms with Crippen LogP contribution in [0, 0.1) is 0 Å². The van der Waals surface area contributed by atoms with E-state index >= 15 is 0 Å². The molecule has 1 aromatic carbocycles. The third-order valence-corrected chi connectivity index (χ3v) is 3.60. The summed E-state index contributed by atoms with van der Waals surface area (Å²) in [5.74, 6) is 0.469. The highest BCUT2D eigenvalue weighted by atomic mass is 16.5. The van der Waals surface area contributed by atoms with Crippen LogP contribution >= 0.6 is 0 Å². The van der Waals surface area contributed by atoms with Crippen LogP contribution < -0.4 is 9.64 Å². The van der Waals surface area contributed by atoms with Gasteiger partial charge in [-0.05, 0) is 12.1 Å². The molecule has 5 nitrogen and oxygen atoms in total. The Morgan fingerprint density at radius 3 is 2.60 bits per heavy atom. The van der Waals surface area contributed by atoms with E-state index in [0.717, 1.165) is 12.8 Å². The fourth-order valence-corrected chi connectivity index (χ4v) is 2.56. The number of amides is 1. The monoisotopic (exact) mass is 275 g/mol. The standard InChI is InChI=1S/C15H17NO4/c17-11-9-15(18)16(10-11)13-3-1-2-4-14(13)20-12-5-7-19-8-6-12/h1-4,12H,5-10H2. The molecule has 2 heterocycles. The van der Waals surface area contributed by atoms with Crippen molar-refractivity contribution in [2.75, 3.05) is 24.7 Å². The minimum absolute atomic E-state index is 0.00833. The van der Waals surface area contributed by atoms with Crippen molar-refractivity contribution >= 4 is 17.4 Å². The van der Waals surface area contributed by atoms with Crippen LogP contribution in [0.3, 0.4) is 0 Å². The van der Waals surface area contributed by atoms with Crippen LogP contribution in [0.5, 0.6) is 5.75 Å². The van der Waals surface area contributed by atoms with Crippen LogP contribution in [0.15, 0.2) is 24.3 Å². The molecule has 0 aliphatic carbocycles. The van der Waals surface area contributed by atoms with E-state index in [4.69, 9.17) is 9.47 Å². The van der Waals surface area contributed by atoms with Crippen molar-refractivity contribution < 1.29 is 19.1 Å². The highest BCUT2D eigenvalue weighted by Crippen LogP contribution is 2.32. The Morgan fingerprint density at radius 1 is 1.15 bits per heavy atom. The number of nitrogens with zero attached hydrogens (tertiary/aromatic N) is 1. The molecule has 2 aliphatic rings. The largest absolute Gasteiger partial charge is 0.488 e. The van der Waals surface area contributed by atoms with E-state index in [0.29, 0.717) is 24.7 Å². The van der Waals surface area contributed by atoms with Crippen LogP contribution in [0.25, 0.3) is 0 Å². The van der Waals surface area contributed by atoms with E-state index < -0.39 is 0 Å². The Hall–Kier alpha value is -1.88. The van der Waals surface area contributed by atoms with Crippen molar-refractivity contribution in [2.24, 2.45) is 0 Å². The van der Waals surface area contributed by atoms with E-state index in [1.807, 2.05) is 24.3 Å². The summed E-state index contributed by atoms with van der Waals surface area (Å²) in [5, 5.41) is 0. The van der Waals surface area contributed by atoms with Crippen molar-refractivity contribution in [1.29, 1.82) is 0 Å². The fraction of sp³-hybridized carbons (Fsp3) is 0.467. The molecule has 0 atom stereocenters. The first kappa shape index (κ1) is 13.1. The number of rotatable bonds is 3. The average Bonchev–Trinajstić information content (AvgIpc) is 2.79. The first-order valence-electron chi connectivity index (χ1n) is 6.89. The van der Waals surface area contributed by atoms with Gasteiger partial charge in [0.25, 0.3) is 0 Å². The summed E-state index contributed by atoms with van der Waals surface area (Å²) in [6, 6.07) is 7.40. The smallest absolute Gasteiger partial charge is 0.235 e. The number of carbonyl (C=O) groups excluding carboxylic acids is 2. The quantitative estimate of drug-likeness (QED) is 0.785. The van der Waals surface area contributed by atoms with Crippen molar-refractivity contribution in [2.45, 2.75) is 25.4 Å². The maximum Gasteiger partial charge on any atom is 0.235 e. The van der Waals surface area contributed by atoms with Crippen molar-refractivity contribution in [1.82, 2.24) is 0 Å². The zero-order chi connectivity index (χ0) is 13.9. The molecule has 106 valence electrons. The summed E-state index contributed by atoms with van der Waals surface area (Å²) in [4.78, 5) is 24.8. The number of anilines is 1. The number of carbonyl (C=O) groups is 2. The van der Waals surface area contributed by atoms with Gasteiger partial charge in [-0.25, -0.2) is 0 Å². The highest BCUT2D eigenvalue weighted by molar-refractivity contribution is 6.15. The molecule has 1 amide bonds. The summed E-state index contributed by atoms with van der Waals surface area (Å²) in [6.45, 7) is 1.55. The van der Waals surface area contributed by atoms with Gasteiger partial charge in [0.1, 0.15) is 11.9 Å². The van der Waals surface area contributed by atoms with Gasteiger partial charge in [0.15, 0.2) is 5.78 Å². The van der Waals surface area contributed by atoms with E-state index in [1.165, 1.54) is 4.90 Å². The molecule has 0 unspecified atom stereocenters. The normalized spacial score (nSPS) is 20.5. The second-order valence-electron chi connectivity index (χ2n) is 5.09. The molecular weight excluding hydrogens is 258 g/mol. The Morgan fingerprint density at radius 2 is 1.90 bits per heavy atom. The Kier molecular flexibility index (Phi) is 3.69. The van der Waals surface area contributed by atoms with Gasteiger partial charge in [-0.2, -0.15) is 0 Å². The number of ether oxygens (including phenoxy) is 2. The second-order valence-corrected chi connectivity index (χ2v) is 5.09. The molecule has 20 heavy (non-hydrogen) atoms. The Labute approximate surface area is 117 Å². The van der Waals surface area contributed by atoms with E-state index in [1.54, 1.807) is 0 Å². The molecule has 0 spiro atoms. The minimum atomic E-state index is -0.155. The third kappa shape index (κ3) is 2.67. The summed E-state index contributed by atoms with van der Waals surface area (Å²) >= 11 is 0. The van der Waals surface area contributed by atoms with Crippen LogP contribution in [0.2, 0.25) is 0 Å². The molecule has 2 fully saturated rings. The predicted octanol–water partition coefficient (Wildman–Crippen LogP) is 1.55. The summed E-state index contributed by atoms with van der Waals surface area (Å²) in [5.41, 5.74) is 0.690. The van der Waals surface area contributed by atoms with Gasteiger partial charge in [-0.1, -0.05) is 12.1 Å². The molecule has 5 heteroatoms. The van der Waals surface area contributed by atoms with Crippen LogP contribution in [-0.2, 0) is 14.3 Å². The van der Waals surface area contributed by atoms with E-state index in [2.05, 4.69) is 0 Å². The molecule has 0 N–H and O–H groups in total. The molecular formula is C15H17NO4. The van der Waals surface area contributed by atoms with Crippen molar-refractivity contribution in [3.63, 3.8) is 0 Å². The zero-order valence-electron chi connectivity index (χ0n) is 11.2. The van der Waals surface area contributed by atoms with E-state index in [9.17, 15) is 9.59 Å². The first-order chi connectivity index (χ1) is 9.74. The molecule has 0 aromatic heterocycles. The maximum atomic E-state index is 11.9. The molecule has 3 rings (SSSR count). The van der Waals surface area contributed by atoms with Gasteiger partial charge >= 0.3 is 0 Å². The maximum absolute atomic E-state index is 11.9. The molecule has 1 aromatic rings. The SMILES string of the molecule is O=C1CC(=O)N(c2ccccc2OC2CCOCC2)C1. The average molecular weight is 275 g/mol. The molecule has 2 aliphatic heterocycles. The summed E-state index contributed by atoms with van der Waals surface area (Å²) in [6.07, 6.45) is 1.80. The summed E-state index contributed by atoms with van der Waals surface area (Å²) < 4.78 is 11.3. The molecule has 0 saturated carbocycles. The number of Topliss-reactive ketones (excluding diaryl/α,β-unsaturated/α-hetero) is 1. The van der Waals surface area contributed by atoms with Crippen LogP contribution in [-0.4, -0.2) is 37.6 Å². The zero-order valence-corrected chi connectivity index (χ0v) is 11.2. The second kappa shape index (κ2) is 5.63. The number of ketones is 1. The lowest BCUT2D eigenvalue weighted by molar-refractivity contribution is -0.121. The predicted molar refractivity (Wildman–Crippen MR) is 72.9 cm³/mol. The van der Waals surface area contributed by atoms with Gasteiger partial charge in [0.2, 0.25) is 5.91 Å². The van der Waals surface area contributed by atoms with Gasteiger partial charge in [-0.15, -0.1) is 0 Å². The van der Waals surface area contributed by atoms with Gasteiger partial charge in [0, 0.05) is 12.8 Å². The Bertz CT molecular complexity index is 522. The number of hydrogen-bond acceptors (Lipinski definition) is 4. The van der Waals surface area contributed by atoms with Crippen LogP contribution in [0.4, 0.5) is 5.69 Å². The first-order valence-corrected chi connectivity index (χ1v) is 6.89. The topological polar surface area (TPSA) is 55.8 Å². The molecule has 0 radical (unpaired) electrons. The van der Waals surface area contributed by atoms with Crippen molar-refractivity contribution in [3.05, 3.63) is 24.3 Å². The third-order valence-electron chi connectivity index (χ3n) is 3.60. The van der Waals surface area contributed by atoms with Gasteiger partial charge in [-0.3, -0.25) is 9.59 Å². The fourth-order valence-electron chi connectivity index (χ4n) is 2.56. The van der Waals surface area contributed by atoms with E-state index in [-0.39, 0.29) is 30.8 Å². The molecule has 2 saturated heterocycles.